The SMILES string of the molecule is C=C(C)C(=O)[P+](=O)C(OCCCCCCCC)C(OCCCCCCCC)(OCCCCCCCC)OCCCCCCCC. The minimum absolute atomic E-state index is 0.251. The van der Waals surface area contributed by atoms with Gasteiger partial charge < -0.3 is 18.9 Å². The van der Waals surface area contributed by atoms with Gasteiger partial charge in [0.05, 0.1) is 26.4 Å². The van der Waals surface area contributed by atoms with Crippen LogP contribution in [0, 0.1) is 0 Å². The summed E-state index contributed by atoms with van der Waals surface area (Å²) >= 11 is 0. The monoisotopic (exact) mass is 658 g/mol. The van der Waals surface area contributed by atoms with E-state index < -0.39 is 25.1 Å². The highest BCUT2D eigenvalue weighted by Crippen LogP contribution is 2.43. The third kappa shape index (κ3) is 23.3. The molecular formula is C38H74O6P+. The maximum atomic E-state index is 13.9. The lowest BCUT2D eigenvalue weighted by Gasteiger charge is -2.34. The summed E-state index contributed by atoms with van der Waals surface area (Å²) in [4.78, 5) is 13.1. The van der Waals surface area contributed by atoms with E-state index in [2.05, 4.69) is 34.3 Å². The van der Waals surface area contributed by atoms with Crippen LogP contribution in [0.5, 0.6) is 0 Å². The summed E-state index contributed by atoms with van der Waals surface area (Å²) in [5, 5.41) is 0. The highest BCUT2D eigenvalue weighted by molar-refractivity contribution is 7.65. The fourth-order valence-corrected chi connectivity index (χ4v) is 6.66. The fraction of sp³-hybridized carbons (Fsp3) is 0.921. The van der Waals surface area contributed by atoms with E-state index in [4.69, 9.17) is 18.9 Å². The van der Waals surface area contributed by atoms with E-state index in [0.29, 0.717) is 26.4 Å². The van der Waals surface area contributed by atoms with Crippen molar-refractivity contribution in [3.63, 3.8) is 0 Å². The Labute approximate surface area is 280 Å². The minimum atomic E-state index is -2.55. The number of allylic oxidation sites excluding steroid dienone is 1. The van der Waals surface area contributed by atoms with Gasteiger partial charge in [0.25, 0.3) is 0 Å². The molecule has 0 aliphatic rings. The zero-order chi connectivity index (χ0) is 33.4. The molecule has 2 atom stereocenters. The molecule has 7 heteroatoms. The number of carbonyl (C=O) groups excluding carboxylic acids is 1. The number of hydrogen-bond donors (Lipinski definition) is 0. The second-order valence-corrected chi connectivity index (χ2v) is 14.4. The van der Waals surface area contributed by atoms with Gasteiger partial charge in [-0.1, -0.05) is 167 Å². The zero-order valence-corrected chi connectivity index (χ0v) is 31.4. The Morgan fingerprint density at radius 1 is 0.533 bits per heavy atom. The van der Waals surface area contributed by atoms with Crippen LogP contribution < -0.4 is 0 Å². The summed E-state index contributed by atoms with van der Waals surface area (Å²) in [5.74, 6) is -2.83. The first-order valence-electron chi connectivity index (χ1n) is 19.1. The van der Waals surface area contributed by atoms with Gasteiger partial charge in [0, 0.05) is 5.57 Å². The molecule has 0 aromatic carbocycles. The van der Waals surface area contributed by atoms with Crippen molar-refractivity contribution >= 4 is 13.3 Å². The molecule has 0 aliphatic carbocycles. The molecule has 0 radical (unpaired) electrons. The molecule has 0 saturated heterocycles. The van der Waals surface area contributed by atoms with Crippen molar-refractivity contribution in [3.05, 3.63) is 12.2 Å². The van der Waals surface area contributed by atoms with Gasteiger partial charge in [-0.15, -0.1) is 0 Å². The van der Waals surface area contributed by atoms with Crippen molar-refractivity contribution in [2.75, 3.05) is 26.4 Å². The lowest BCUT2D eigenvalue weighted by atomic mass is 10.1. The Morgan fingerprint density at radius 2 is 0.822 bits per heavy atom. The first kappa shape index (κ1) is 44.4. The van der Waals surface area contributed by atoms with Crippen LogP contribution in [-0.2, 0) is 28.3 Å². The van der Waals surface area contributed by atoms with Gasteiger partial charge in [-0.2, -0.15) is 0 Å². The van der Waals surface area contributed by atoms with Gasteiger partial charge in [0.1, 0.15) is 0 Å². The second kappa shape index (κ2) is 31.9. The number of ether oxygens (including phenoxy) is 4. The number of hydrogen-bond acceptors (Lipinski definition) is 6. The Bertz CT molecular complexity index is 667. The summed E-state index contributed by atoms with van der Waals surface area (Å²) in [6, 6.07) is 0. The summed E-state index contributed by atoms with van der Waals surface area (Å²) in [6.45, 7) is 15.9. The maximum absolute atomic E-state index is 13.9. The Hall–Kier alpha value is -0.650. The van der Waals surface area contributed by atoms with Crippen LogP contribution in [0.15, 0.2) is 12.2 Å². The number of carbonyl (C=O) groups is 1. The standard InChI is InChI=1S/C38H74O6P/c1-7-11-15-19-23-27-31-41-37(45(40)36(39)35(5)6)38(42-32-28-24-20-16-12-8-2,43-33-29-25-21-17-13-9-3)44-34-30-26-22-18-14-10-4/h37H,5,7-34H2,1-4,6H3/q+1. The first-order valence-corrected chi connectivity index (χ1v) is 20.4. The Balaban J connectivity index is 5.94. The average molecular weight is 658 g/mol. The molecule has 0 amide bonds. The molecule has 0 bridgehead atoms. The van der Waals surface area contributed by atoms with E-state index in [-0.39, 0.29) is 5.57 Å². The topological polar surface area (TPSA) is 71.1 Å². The van der Waals surface area contributed by atoms with E-state index >= 15 is 0 Å². The van der Waals surface area contributed by atoms with Crippen LogP contribution in [0.4, 0.5) is 0 Å². The van der Waals surface area contributed by atoms with Gasteiger partial charge >= 0.3 is 25.1 Å². The molecule has 0 spiro atoms. The van der Waals surface area contributed by atoms with Gasteiger partial charge in [-0.25, -0.2) is 4.79 Å². The molecule has 0 heterocycles. The van der Waals surface area contributed by atoms with Crippen LogP contribution >= 0.6 is 7.80 Å². The van der Waals surface area contributed by atoms with Crippen LogP contribution in [0.3, 0.4) is 0 Å². The largest absolute Gasteiger partial charge is 0.460 e. The first-order chi connectivity index (χ1) is 21.9. The molecule has 266 valence electrons. The van der Waals surface area contributed by atoms with Crippen molar-refractivity contribution in [2.45, 2.75) is 201 Å². The highest BCUT2D eigenvalue weighted by Gasteiger charge is 2.59. The maximum Gasteiger partial charge on any atom is 0.460 e. The summed E-state index contributed by atoms with van der Waals surface area (Å²) < 4.78 is 39.8. The smallest absolute Gasteiger partial charge is 0.328 e. The fourth-order valence-electron chi connectivity index (χ4n) is 5.31. The molecule has 2 unspecified atom stereocenters. The van der Waals surface area contributed by atoms with E-state index in [9.17, 15) is 9.36 Å². The van der Waals surface area contributed by atoms with Crippen molar-refractivity contribution in [3.8, 4) is 0 Å². The van der Waals surface area contributed by atoms with E-state index in [0.717, 1.165) is 77.0 Å². The van der Waals surface area contributed by atoms with E-state index in [1.54, 1.807) is 6.92 Å². The normalized spacial score (nSPS) is 12.9. The quantitative estimate of drug-likeness (QED) is 0.0289. The van der Waals surface area contributed by atoms with Gasteiger partial charge in [0.2, 0.25) is 0 Å². The Morgan fingerprint density at radius 3 is 1.13 bits per heavy atom. The molecule has 0 rings (SSSR count). The lowest BCUT2D eigenvalue weighted by Crippen LogP contribution is -2.51. The number of unbranched alkanes of at least 4 members (excludes halogenated alkanes) is 20. The average Bonchev–Trinajstić information content (AvgIpc) is 3.03. The van der Waals surface area contributed by atoms with E-state index in [1.165, 1.54) is 77.0 Å². The number of rotatable bonds is 36. The summed E-state index contributed by atoms with van der Waals surface area (Å²) in [7, 11) is -2.55. The van der Waals surface area contributed by atoms with Crippen LogP contribution in [0.1, 0.15) is 189 Å². The van der Waals surface area contributed by atoms with Crippen molar-refractivity contribution in [2.24, 2.45) is 0 Å². The molecule has 0 aromatic heterocycles. The molecule has 6 nitrogen and oxygen atoms in total. The predicted octanol–water partition coefficient (Wildman–Crippen LogP) is 12.4. The van der Waals surface area contributed by atoms with Gasteiger partial charge in [-0.05, 0) is 32.6 Å². The third-order valence-electron chi connectivity index (χ3n) is 8.26. The van der Waals surface area contributed by atoms with Crippen molar-refractivity contribution < 1.29 is 28.3 Å². The molecule has 0 fully saturated rings. The van der Waals surface area contributed by atoms with Crippen LogP contribution in [0.25, 0.3) is 0 Å². The third-order valence-corrected chi connectivity index (χ3v) is 9.93. The van der Waals surface area contributed by atoms with Crippen molar-refractivity contribution in [1.29, 1.82) is 0 Å². The van der Waals surface area contributed by atoms with Gasteiger partial charge in [-0.3, -0.25) is 0 Å². The minimum Gasteiger partial charge on any atom is -0.328 e. The predicted molar refractivity (Wildman–Crippen MR) is 191 cm³/mol. The summed E-state index contributed by atoms with van der Waals surface area (Å²) in [6.07, 6.45) is 26.8. The van der Waals surface area contributed by atoms with Crippen LogP contribution in [-0.4, -0.2) is 43.8 Å². The molecule has 45 heavy (non-hydrogen) atoms. The Kier molecular flexibility index (Phi) is 31.5. The van der Waals surface area contributed by atoms with Gasteiger partial charge in [0.15, 0.2) is 0 Å². The van der Waals surface area contributed by atoms with Crippen LogP contribution in [0.2, 0.25) is 0 Å². The zero-order valence-electron chi connectivity index (χ0n) is 30.5. The lowest BCUT2D eigenvalue weighted by molar-refractivity contribution is -0.404. The molecule has 0 N–H and O–H groups in total. The molecule has 0 aliphatic heterocycles. The van der Waals surface area contributed by atoms with E-state index in [1.807, 2.05) is 0 Å². The summed E-state index contributed by atoms with van der Waals surface area (Å²) in [5.41, 5.74) is -0.252. The second-order valence-electron chi connectivity index (χ2n) is 12.9. The van der Waals surface area contributed by atoms with Crippen molar-refractivity contribution in [1.82, 2.24) is 0 Å². The molecule has 0 saturated carbocycles. The highest BCUT2D eigenvalue weighted by atomic mass is 31.1. The molecule has 0 aromatic rings. The molecular weight excluding hydrogens is 583 g/mol.